The lowest BCUT2D eigenvalue weighted by atomic mass is 10.1. The van der Waals surface area contributed by atoms with E-state index in [4.69, 9.17) is 5.11 Å². The first-order valence-corrected chi connectivity index (χ1v) is 5.01. The van der Waals surface area contributed by atoms with Crippen LogP contribution in [0.1, 0.15) is 31.1 Å². The number of carbonyl (C=O) groups excluding carboxylic acids is 2. The highest BCUT2D eigenvalue weighted by atomic mass is 16.5. The zero-order valence-corrected chi connectivity index (χ0v) is 9.79. The molecule has 0 heterocycles. The average molecular weight is 262 g/mol. The molecule has 0 radical (unpaired) electrons. The maximum Gasteiger partial charge on any atom is 0.342 e. The first-order valence-electron chi connectivity index (χ1n) is 5.01. The number of aromatic carboxylic acids is 1. The molecule has 0 spiro atoms. The number of hydrogen-bond donors (Lipinski definition) is 1. The van der Waals surface area contributed by atoms with Gasteiger partial charge >= 0.3 is 17.9 Å². The Balaban J connectivity index is 3.28. The van der Waals surface area contributed by atoms with Crippen LogP contribution in [0, 0.1) is 0 Å². The Morgan fingerprint density at radius 2 is 1.26 bits per heavy atom. The lowest BCUT2D eigenvalue weighted by Crippen LogP contribution is -2.09. The predicted octanol–water partition coefficient (Wildman–Crippen LogP) is 1.99. The van der Waals surface area contributed by atoms with Crippen molar-refractivity contribution in [2.75, 3.05) is 0 Å². The Bertz CT molecular complexity index is 518. The minimum atomic E-state index is -1.29. The van der Waals surface area contributed by atoms with E-state index in [0.29, 0.717) is 0 Å². The van der Waals surface area contributed by atoms with Gasteiger partial charge in [0.25, 0.3) is 0 Å². The van der Waals surface area contributed by atoms with Gasteiger partial charge in [-0.1, -0.05) is 13.2 Å². The van der Waals surface area contributed by atoms with Crippen LogP contribution in [0.4, 0.5) is 0 Å². The van der Waals surface area contributed by atoms with Crippen molar-refractivity contribution in [3.05, 3.63) is 60.6 Å². The van der Waals surface area contributed by atoms with Crippen molar-refractivity contribution in [1.29, 1.82) is 0 Å². The van der Waals surface area contributed by atoms with Crippen LogP contribution in [-0.4, -0.2) is 23.0 Å². The fourth-order valence-corrected chi connectivity index (χ4v) is 1.27. The van der Waals surface area contributed by atoms with Crippen molar-refractivity contribution in [2.24, 2.45) is 0 Å². The van der Waals surface area contributed by atoms with E-state index in [2.05, 4.69) is 22.6 Å². The van der Waals surface area contributed by atoms with Crippen LogP contribution in [0.25, 0.3) is 0 Å². The molecule has 0 aliphatic carbocycles. The highest BCUT2D eigenvalue weighted by Gasteiger charge is 2.16. The van der Waals surface area contributed by atoms with Gasteiger partial charge in [-0.25, -0.2) is 14.4 Å². The summed E-state index contributed by atoms with van der Waals surface area (Å²) < 4.78 is 9.03. The third-order valence-corrected chi connectivity index (χ3v) is 2.03. The van der Waals surface area contributed by atoms with Gasteiger partial charge in [-0.2, -0.15) is 0 Å². The van der Waals surface area contributed by atoms with Gasteiger partial charge in [-0.05, 0) is 18.2 Å². The summed E-state index contributed by atoms with van der Waals surface area (Å²) >= 11 is 0. The maximum absolute atomic E-state index is 11.5. The summed E-state index contributed by atoms with van der Waals surface area (Å²) in [5.41, 5.74) is -0.443. The van der Waals surface area contributed by atoms with Gasteiger partial charge in [0.05, 0.1) is 29.2 Å². The molecule has 0 bridgehead atoms. The lowest BCUT2D eigenvalue weighted by Gasteiger charge is -2.05. The van der Waals surface area contributed by atoms with Crippen LogP contribution in [-0.2, 0) is 9.47 Å². The van der Waals surface area contributed by atoms with Gasteiger partial charge in [0.1, 0.15) is 0 Å². The standard InChI is InChI=1S/C13H10O6/c1-3-18-12(16)9-5-8(11(14)15)6-10(7-9)13(17)19-4-2/h3-7H,1-2H2,(H,14,15). The molecular weight excluding hydrogens is 252 g/mol. The predicted molar refractivity (Wildman–Crippen MR) is 64.6 cm³/mol. The molecule has 1 aromatic rings. The van der Waals surface area contributed by atoms with Crippen molar-refractivity contribution >= 4 is 17.9 Å². The minimum absolute atomic E-state index is 0.101. The van der Waals surface area contributed by atoms with Crippen molar-refractivity contribution in [3.8, 4) is 0 Å². The number of carbonyl (C=O) groups is 3. The zero-order chi connectivity index (χ0) is 14.4. The summed E-state index contributed by atoms with van der Waals surface area (Å²) in [6.45, 7) is 6.41. The monoisotopic (exact) mass is 262 g/mol. The lowest BCUT2D eigenvalue weighted by molar-refractivity contribution is 0.0664. The molecule has 1 rings (SSSR count). The number of benzene rings is 1. The van der Waals surface area contributed by atoms with E-state index in [1.165, 1.54) is 0 Å². The summed E-state index contributed by atoms with van der Waals surface area (Å²) in [7, 11) is 0. The molecule has 0 aromatic heterocycles. The van der Waals surface area contributed by atoms with Gasteiger partial charge in [-0.15, -0.1) is 0 Å². The van der Waals surface area contributed by atoms with Gasteiger partial charge in [0.15, 0.2) is 0 Å². The van der Waals surface area contributed by atoms with Gasteiger partial charge < -0.3 is 14.6 Å². The van der Waals surface area contributed by atoms with Crippen molar-refractivity contribution in [2.45, 2.75) is 0 Å². The Morgan fingerprint density at radius 3 is 1.58 bits per heavy atom. The summed E-state index contributed by atoms with van der Waals surface area (Å²) in [6.07, 6.45) is 1.80. The summed E-state index contributed by atoms with van der Waals surface area (Å²) in [5, 5.41) is 8.91. The van der Waals surface area contributed by atoms with E-state index in [0.717, 1.165) is 30.7 Å². The van der Waals surface area contributed by atoms with E-state index in [1.54, 1.807) is 0 Å². The van der Waals surface area contributed by atoms with E-state index < -0.39 is 17.9 Å². The second-order valence-corrected chi connectivity index (χ2v) is 3.25. The molecule has 6 heteroatoms. The maximum atomic E-state index is 11.5. The van der Waals surface area contributed by atoms with E-state index in [9.17, 15) is 14.4 Å². The van der Waals surface area contributed by atoms with Crippen molar-refractivity contribution in [1.82, 2.24) is 0 Å². The Labute approximate surface area is 108 Å². The number of carboxylic acid groups (broad SMARTS) is 1. The third kappa shape index (κ3) is 3.53. The third-order valence-electron chi connectivity index (χ3n) is 2.03. The molecule has 1 N–H and O–H groups in total. The number of rotatable bonds is 5. The quantitative estimate of drug-likeness (QED) is 0.644. The first kappa shape index (κ1) is 14.2. The molecule has 1 aromatic carbocycles. The second-order valence-electron chi connectivity index (χ2n) is 3.25. The molecule has 19 heavy (non-hydrogen) atoms. The van der Waals surface area contributed by atoms with E-state index in [1.807, 2.05) is 0 Å². The van der Waals surface area contributed by atoms with Gasteiger partial charge in [0.2, 0.25) is 0 Å². The molecule has 98 valence electrons. The molecule has 0 amide bonds. The fourth-order valence-electron chi connectivity index (χ4n) is 1.27. The average Bonchev–Trinajstić information content (AvgIpc) is 2.38. The van der Waals surface area contributed by atoms with Crippen LogP contribution in [0.2, 0.25) is 0 Å². The molecule has 0 atom stereocenters. The molecule has 0 saturated carbocycles. The summed E-state index contributed by atoms with van der Waals surface area (Å²) in [5.74, 6) is -2.95. The Hall–Kier alpha value is -2.89. The molecule has 0 unspecified atom stereocenters. The summed E-state index contributed by atoms with van der Waals surface area (Å²) in [6, 6.07) is 3.32. The van der Waals surface area contributed by atoms with E-state index >= 15 is 0 Å². The van der Waals surface area contributed by atoms with Crippen molar-refractivity contribution in [3.63, 3.8) is 0 Å². The summed E-state index contributed by atoms with van der Waals surface area (Å²) in [4.78, 5) is 33.9. The van der Waals surface area contributed by atoms with Crippen LogP contribution in [0.15, 0.2) is 43.9 Å². The van der Waals surface area contributed by atoms with Crippen LogP contribution < -0.4 is 0 Å². The molecular formula is C13H10O6. The highest BCUT2D eigenvalue weighted by Crippen LogP contribution is 2.13. The van der Waals surface area contributed by atoms with E-state index in [-0.39, 0.29) is 16.7 Å². The zero-order valence-electron chi connectivity index (χ0n) is 9.79. The molecule has 0 aliphatic rings. The second kappa shape index (κ2) is 6.15. The van der Waals surface area contributed by atoms with Gasteiger partial charge in [-0.3, -0.25) is 0 Å². The number of carboxylic acids is 1. The molecule has 0 fully saturated rings. The molecule has 6 nitrogen and oxygen atoms in total. The Kier molecular flexibility index (Phi) is 4.59. The Morgan fingerprint density at radius 1 is 0.895 bits per heavy atom. The van der Waals surface area contributed by atoms with Crippen molar-refractivity contribution < 1.29 is 29.0 Å². The first-order chi connectivity index (χ1) is 8.99. The molecule has 0 saturated heterocycles. The van der Waals surface area contributed by atoms with Crippen LogP contribution >= 0.6 is 0 Å². The largest absolute Gasteiger partial charge is 0.478 e. The van der Waals surface area contributed by atoms with Crippen LogP contribution in [0.3, 0.4) is 0 Å². The number of hydrogen-bond acceptors (Lipinski definition) is 5. The fraction of sp³-hybridized carbons (Fsp3) is 0. The van der Waals surface area contributed by atoms with Gasteiger partial charge in [0, 0.05) is 0 Å². The normalized spacial score (nSPS) is 9.26. The number of ether oxygens (including phenoxy) is 2. The van der Waals surface area contributed by atoms with Crippen LogP contribution in [0.5, 0.6) is 0 Å². The topological polar surface area (TPSA) is 89.9 Å². The molecule has 0 aliphatic heterocycles. The SMILES string of the molecule is C=COC(=O)c1cc(C(=O)O)cc(C(=O)OC=C)c1. The number of esters is 2. The minimum Gasteiger partial charge on any atom is -0.478 e. The smallest absolute Gasteiger partial charge is 0.342 e. The highest BCUT2D eigenvalue weighted by molar-refractivity contribution is 6.00.